The van der Waals surface area contributed by atoms with E-state index in [1.807, 2.05) is 0 Å². The van der Waals surface area contributed by atoms with Gasteiger partial charge < -0.3 is 20.2 Å². The highest BCUT2D eigenvalue weighted by Crippen LogP contribution is 2.25. The molecular formula is C10H14N2O3. The van der Waals surface area contributed by atoms with Gasteiger partial charge in [0, 0.05) is 19.2 Å². The molecule has 0 saturated carbocycles. The first-order valence-corrected chi connectivity index (χ1v) is 5.01. The molecule has 0 bridgehead atoms. The number of carboxylic acid groups (broad SMARTS) is 1. The third kappa shape index (κ3) is 1.97. The Morgan fingerprint density at radius 3 is 2.73 bits per heavy atom. The van der Waals surface area contributed by atoms with E-state index in [4.69, 9.17) is 15.3 Å². The second-order valence-corrected chi connectivity index (χ2v) is 3.69. The van der Waals surface area contributed by atoms with Crippen LogP contribution in [0, 0.1) is 0 Å². The lowest BCUT2D eigenvalue weighted by molar-refractivity contribution is -0.139. The maximum absolute atomic E-state index is 10.6. The zero-order valence-corrected chi connectivity index (χ0v) is 8.35. The number of nitrogens with two attached hydrogens (primary N) is 1. The number of rotatable bonds is 3. The van der Waals surface area contributed by atoms with Crippen LogP contribution in [-0.4, -0.2) is 24.2 Å². The van der Waals surface area contributed by atoms with E-state index in [0.717, 1.165) is 31.8 Å². The Labute approximate surface area is 87.5 Å². The average molecular weight is 210 g/mol. The lowest BCUT2D eigenvalue weighted by Gasteiger charge is -2.13. The lowest BCUT2D eigenvalue weighted by atomic mass is 10.2. The SMILES string of the molecule is N[C@@H](C(=O)O)c1ccc(N2CCCC2)o1. The summed E-state index contributed by atoms with van der Waals surface area (Å²) in [6.07, 6.45) is 2.31. The van der Waals surface area contributed by atoms with Crippen LogP contribution in [0.2, 0.25) is 0 Å². The second-order valence-electron chi connectivity index (χ2n) is 3.69. The van der Waals surface area contributed by atoms with Crippen molar-refractivity contribution >= 4 is 11.9 Å². The minimum Gasteiger partial charge on any atom is -0.480 e. The summed E-state index contributed by atoms with van der Waals surface area (Å²) in [5.74, 6) is -0.0408. The summed E-state index contributed by atoms with van der Waals surface area (Å²) in [5, 5.41) is 8.71. The maximum atomic E-state index is 10.6. The van der Waals surface area contributed by atoms with Gasteiger partial charge in [-0.1, -0.05) is 0 Å². The van der Waals surface area contributed by atoms with Crippen LogP contribution in [0.15, 0.2) is 16.5 Å². The van der Waals surface area contributed by atoms with Crippen molar-refractivity contribution in [3.05, 3.63) is 17.9 Å². The van der Waals surface area contributed by atoms with Gasteiger partial charge in [-0.3, -0.25) is 4.79 Å². The normalized spacial score (nSPS) is 18.1. The van der Waals surface area contributed by atoms with Gasteiger partial charge in [-0.15, -0.1) is 0 Å². The third-order valence-electron chi connectivity index (χ3n) is 2.60. The Morgan fingerprint density at radius 2 is 2.13 bits per heavy atom. The molecule has 1 fully saturated rings. The van der Waals surface area contributed by atoms with Gasteiger partial charge in [0.05, 0.1) is 0 Å². The molecule has 0 aromatic carbocycles. The molecule has 2 heterocycles. The summed E-state index contributed by atoms with van der Waals surface area (Å²) in [4.78, 5) is 12.7. The molecule has 0 aliphatic carbocycles. The van der Waals surface area contributed by atoms with E-state index in [1.165, 1.54) is 0 Å². The van der Waals surface area contributed by atoms with E-state index >= 15 is 0 Å². The fourth-order valence-electron chi connectivity index (χ4n) is 1.74. The largest absolute Gasteiger partial charge is 0.480 e. The molecule has 1 aliphatic rings. The van der Waals surface area contributed by atoms with E-state index in [-0.39, 0.29) is 0 Å². The van der Waals surface area contributed by atoms with E-state index in [0.29, 0.717) is 5.76 Å². The van der Waals surface area contributed by atoms with Crippen LogP contribution in [0.3, 0.4) is 0 Å². The van der Waals surface area contributed by atoms with Crippen molar-refractivity contribution in [2.75, 3.05) is 18.0 Å². The molecule has 0 amide bonds. The summed E-state index contributed by atoms with van der Waals surface area (Å²) < 4.78 is 5.41. The van der Waals surface area contributed by atoms with Crippen molar-refractivity contribution in [3.63, 3.8) is 0 Å². The monoisotopic (exact) mass is 210 g/mol. The van der Waals surface area contributed by atoms with E-state index in [2.05, 4.69) is 4.90 Å². The number of hydrogen-bond acceptors (Lipinski definition) is 4. The van der Waals surface area contributed by atoms with Crippen LogP contribution >= 0.6 is 0 Å². The van der Waals surface area contributed by atoms with Gasteiger partial charge in [0.15, 0.2) is 11.9 Å². The van der Waals surface area contributed by atoms with Crippen LogP contribution in [0.4, 0.5) is 5.88 Å². The van der Waals surface area contributed by atoms with E-state index < -0.39 is 12.0 Å². The summed E-state index contributed by atoms with van der Waals surface area (Å²) in [5.41, 5.74) is 5.44. The van der Waals surface area contributed by atoms with Gasteiger partial charge in [-0.2, -0.15) is 0 Å². The highest BCUT2D eigenvalue weighted by Gasteiger charge is 2.21. The number of furan rings is 1. The third-order valence-corrected chi connectivity index (χ3v) is 2.60. The van der Waals surface area contributed by atoms with Crippen LogP contribution in [-0.2, 0) is 4.79 Å². The predicted octanol–water partition coefficient (Wildman–Crippen LogP) is 0.964. The molecule has 15 heavy (non-hydrogen) atoms. The molecule has 1 aromatic rings. The number of aliphatic carboxylic acids is 1. The van der Waals surface area contributed by atoms with Crippen molar-refractivity contribution in [1.29, 1.82) is 0 Å². The number of carbonyl (C=O) groups is 1. The first-order valence-electron chi connectivity index (χ1n) is 5.01. The van der Waals surface area contributed by atoms with E-state index in [9.17, 15) is 4.79 Å². The summed E-state index contributed by atoms with van der Waals surface area (Å²) >= 11 is 0. The van der Waals surface area contributed by atoms with Crippen LogP contribution in [0.1, 0.15) is 24.6 Å². The first kappa shape index (κ1) is 10.0. The second kappa shape index (κ2) is 3.94. The molecule has 82 valence electrons. The van der Waals surface area contributed by atoms with Crippen LogP contribution in [0.25, 0.3) is 0 Å². The van der Waals surface area contributed by atoms with Gasteiger partial charge in [-0.05, 0) is 18.9 Å². The van der Waals surface area contributed by atoms with Crippen molar-refractivity contribution in [2.24, 2.45) is 5.73 Å². The van der Waals surface area contributed by atoms with Crippen molar-refractivity contribution in [1.82, 2.24) is 0 Å². The molecule has 1 atom stereocenters. The molecule has 5 nitrogen and oxygen atoms in total. The molecular weight excluding hydrogens is 196 g/mol. The number of anilines is 1. The maximum Gasteiger partial charge on any atom is 0.328 e. The van der Waals surface area contributed by atoms with Gasteiger partial charge in [0.2, 0.25) is 0 Å². The predicted molar refractivity (Wildman–Crippen MR) is 54.7 cm³/mol. The Hall–Kier alpha value is -1.49. The minimum absolute atomic E-state index is 0.310. The van der Waals surface area contributed by atoms with Crippen molar-refractivity contribution in [3.8, 4) is 0 Å². The Balaban J connectivity index is 2.12. The number of hydrogen-bond donors (Lipinski definition) is 2. The molecule has 0 spiro atoms. The lowest BCUT2D eigenvalue weighted by Crippen LogP contribution is -2.20. The van der Waals surface area contributed by atoms with Crippen LogP contribution in [0.5, 0.6) is 0 Å². The highest BCUT2D eigenvalue weighted by molar-refractivity contribution is 5.74. The fraction of sp³-hybridized carbons (Fsp3) is 0.500. The average Bonchev–Trinajstić information content (AvgIpc) is 2.86. The van der Waals surface area contributed by atoms with Crippen LogP contribution < -0.4 is 10.6 Å². The summed E-state index contributed by atoms with van der Waals surface area (Å²) in [7, 11) is 0. The molecule has 1 saturated heterocycles. The molecule has 3 N–H and O–H groups in total. The van der Waals surface area contributed by atoms with Crippen molar-refractivity contribution in [2.45, 2.75) is 18.9 Å². The van der Waals surface area contributed by atoms with Gasteiger partial charge >= 0.3 is 5.97 Å². The van der Waals surface area contributed by atoms with Crippen molar-refractivity contribution < 1.29 is 14.3 Å². The molecule has 0 unspecified atom stereocenters. The zero-order valence-electron chi connectivity index (χ0n) is 8.35. The first-order chi connectivity index (χ1) is 7.18. The number of carboxylic acids is 1. The highest BCUT2D eigenvalue weighted by atomic mass is 16.4. The van der Waals surface area contributed by atoms with Gasteiger partial charge in [-0.25, -0.2) is 0 Å². The summed E-state index contributed by atoms with van der Waals surface area (Å²) in [6, 6.07) is 2.34. The standard InChI is InChI=1S/C10H14N2O3/c11-9(10(13)14)7-3-4-8(15-7)12-5-1-2-6-12/h3-4,9H,1-2,5-6,11H2,(H,13,14)/t9-/m1/s1. The van der Waals surface area contributed by atoms with Gasteiger partial charge in [0.1, 0.15) is 5.76 Å². The molecule has 1 aromatic heterocycles. The molecule has 1 aliphatic heterocycles. The molecule has 0 radical (unpaired) electrons. The molecule has 5 heteroatoms. The number of nitrogens with zero attached hydrogens (tertiary/aromatic N) is 1. The Kier molecular flexibility index (Phi) is 2.64. The Morgan fingerprint density at radius 1 is 1.47 bits per heavy atom. The smallest absolute Gasteiger partial charge is 0.328 e. The molecule has 2 rings (SSSR count). The van der Waals surface area contributed by atoms with Gasteiger partial charge in [0.25, 0.3) is 0 Å². The topological polar surface area (TPSA) is 79.7 Å². The Bertz CT molecular complexity index is 355. The summed E-state index contributed by atoms with van der Waals surface area (Å²) in [6.45, 7) is 1.94. The van der Waals surface area contributed by atoms with E-state index in [1.54, 1.807) is 12.1 Å². The fourth-order valence-corrected chi connectivity index (χ4v) is 1.74. The quantitative estimate of drug-likeness (QED) is 0.776. The minimum atomic E-state index is -1.07. The zero-order chi connectivity index (χ0) is 10.8.